The average Bonchev–Trinajstić information content (AvgIpc) is 2.77. The largest absolute Gasteiger partial charge is 0.321 e. The van der Waals surface area contributed by atoms with Gasteiger partial charge in [0.25, 0.3) is 0 Å². The molecule has 1 N–H and O–H groups in total. The standard InChI is InChI=1S/C13H11Br2N3O/c1-18-8-9(7-16-18)2-5-13(19)17-12-6-10(14)3-4-11(12)15/h2-8H,1H3,(H,17,19). The molecule has 0 fully saturated rings. The van der Waals surface area contributed by atoms with E-state index in [1.807, 2.05) is 31.4 Å². The van der Waals surface area contributed by atoms with Crippen LogP contribution < -0.4 is 5.32 Å². The molecule has 0 bridgehead atoms. The van der Waals surface area contributed by atoms with Crippen molar-refractivity contribution in [2.24, 2.45) is 7.05 Å². The smallest absolute Gasteiger partial charge is 0.248 e. The lowest BCUT2D eigenvalue weighted by Crippen LogP contribution is -2.08. The minimum Gasteiger partial charge on any atom is -0.321 e. The number of benzene rings is 1. The molecule has 1 heterocycles. The van der Waals surface area contributed by atoms with Gasteiger partial charge >= 0.3 is 0 Å². The summed E-state index contributed by atoms with van der Waals surface area (Å²) in [5, 5.41) is 6.82. The van der Waals surface area contributed by atoms with Gasteiger partial charge in [-0.3, -0.25) is 9.48 Å². The molecule has 2 rings (SSSR count). The van der Waals surface area contributed by atoms with Gasteiger partial charge in [-0.15, -0.1) is 0 Å². The first-order chi connectivity index (χ1) is 9.04. The van der Waals surface area contributed by atoms with Crippen LogP contribution in [0.5, 0.6) is 0 Å². The molecule has 0 aliphatic rings. The van der Waals surface area contributed by atoms with E-state index in [4.69, 9.17) is 0 Å². The summed E-state index contributed by atoms with van der Waals surface area (Å²) in [5.41, 5.74) is 1.60. The predicted octanol–water partition coefficient (Wildman–Crippen LogP) is 3.60. The van der Waals surface area contributed by atoms with E-state index in [-0.39, 0.29) is 5.91 Å². The Hall–Kier alpha value is -1.40. The number of carbonyl (C=O) groups excluding carboxylic acids is 1. The maximum atomic E-state index is 11.8. The van der Waals surface area contributed by atoms with E-state index in [0.717, 1.165) is 20.2 Å². The summed E-state index contributed by atoms with van der Waals surface area (Å²) in [6, 6.07) is 5.59. The Morgan fingerprint density at radius 2 is 2.21 bits per heavy atom. The van der Waals surface area contributed by atoms with Crippen LogP contribution in [0.15, 0.2) is 45.6 Å². The van der Waals surface area contributed by atoms with E-state index in [1.165, 1.54) is 6.08 Å². The Kier molecular flexibility index (Phi) is 4.55. The lowest BCUT2D eigenvalue weighted by Gasteiger charge is -2.05. The number of rotatable bonds is 3. The van der Waals surface area contributed by atoms with Gasteiger partial charge in [0.15, 0.2) is 0 Å². The van der Waals surface area contributed by atoms with Gasteiger partial charge in [-0.2, -0.15) is 5.10 Å². The zero-order chi connectivity index (χ0) is 13.8. The van der Waals surface area contributed by atoms with Crippen molar-refractivity contribution in [1.29, 1.82) is 0 Å². The van der Waals surface area contributed by atoms with Crippen molar-refractivity contribution < 1.29 is 4.79 Å². The van der Waals surface area contributed by atoms with E-state index in [2.05, 4.69) is 42.3 Å². The quantitative estimate of drug-likeness (QED) is 0.822. The summed E-state index contributed by atoms with van der Waals surface area (Å²) in [6.45, 7) is 0. The first-order valence-electron chi connectivity index (χ1n) is 5.47. The van der Waals surface area contributed by atoms with Crippen LogP contribution in [0.1, 0.15) is 5.56 Å². The van der Waals surface area contributed by atoms with Gasteiger partial charge in [0.1, 0.15) is 0 Å². The second-order valence-electron chi connectivity index (χ2n) is 3.89. The Bertz CT molecular complexity index is 635. The molecular weight excluding hydrogens is 374 g/mol. The second kappa shape index (κ2) is 6.16. The lowest BCUT2D eigenvalue weighted by atomic mass is 10.3. The van der Waals surface area contributed by atoms with Crippen LogP contribution in [0.2, 0.25) is 0 Å². The molecule has 98 valence electrons. The van der Waals surface area contributed by atoms with Crippen molar-refractivity contribution in [3.8, 4) is 0 Å². The number of aromatic nitrogens is 2. The molecule has 0 radical (unpaired) electrons. The first kappa shape index (κ1) is 14.0. The normalized spacial score (nSPS) is 10.9. The van der Waals surface area contributed by atoms with Gasteiger partial charge in [0.2, 0.25) is 5.91 Å². The molecule has 1 aromatic heterocycles. The number of carbonyl (C=O) groups is 1. The number of nitrogens with zero attached hydrogens (tertiary/aromatic N) is 2. The van der Waals surface area contributed by atoms with Gasteiger partial charge in [-0.1, -0.05) is 15.9 Å². The lowest BCUT2D eigenvalue weighted by molar-refractivity contribution is -0.111. The fraction of sp³-hybridized carbons (Fsp3) is 0.0769. The summed E-state index contributed by atoms with van der Waals surface area (Å²) in [6.07, 6.45) is 6.72. The SMILES string of the molecule is Cn1cc(C=CC(=O)Nc2cc(Br)ccc2Br)cn1. The van der Waals surface area contributed by atoms with Crippen LogP contribution in [-0.4, -0.2) is 15.7 Å². The van der Waals surface area contributed by atoms with Crippen LogP contribution in [0, 0.1) is 0 Å². The minimum atomic E-state index is -0.192. The summed E-state index contributed by atoms with van der Waals surface area (Å²) in [4.78, 5) is 11.8. The molecule has 1 aromatic carbocycles. The molecule has 0 atom stereocenters. The molecule has 19 heavy (non-hydrogen) atoms. The molecule has 0 aliphatic carbocycles. The molecule has 6 heteroatoms. The van der Waals surface area contributed by atoms with Crippen LogP contribution in [0.3, 0.4) is 0 Å². The van der Waals surface area contributed by atoms with Gasteiger partial charge < -0.3 is 5.32 Å². The Balaban J connectivity index is 2.05. The van der Waals surface area contributed by atoms with Crippen molar-refractivity contribution in [3.63, 3.8) is 0 Å². The molecule has 0 saturated heterocycles. The highest BCUT2D eigenvalue weighted by molar-refractivity contribution is 9.11. The van der Waals surface area contributed by atoms with E-state index in [9.17, 15) is 4.79 Å². The van der Waals surface area contributed by atoms with Crippen LogP contribution in [-0.2, 0) is 11.8 Å². The Labute approximate surface area is 127 Å². The van der Waals surface area contributed by atoms with Gasteiger partial charge in [-0.25, -0.2) is 0 Å². The maximum Gasteiger partial charge on any atom is 0.248 e. The third-order valence-corrected chi connectivity index (χ3v) is 3.52. The summed E-state index contributed by atoms with van der Waals surface area (Å²) >= 11 is 6.75. The van der Waals surface area contributed by atoms with Crippen molar-refractivity contribution in [2.75, 3.05) is 5.32 Å². The van der Waals surface area contributed by atoms with Crippen molar-refractivity contribution >= 4 is 49.5 Å². The van der Waals surface area contributed by atoms with E-state index < -0.39 is 0 Å². The molecule has 0 spiro atoms. The average molecular weight is 385 g/mol. The number of anilines is 1. The van der Waals surface area contributed by atoms with E-state index in [1.54, 1.807) is 17.0 Å². The zero-order valence-corrected chi connectivity index (χ0v) is 13.3. The predicted molar refractivity (Wildman–Crippen MR) is 82.7 cm³/mol. The third-order valence-electron chi connectivity index (χ3n) is 2.34. The number of amides is 1. The monoisotopic (exact) mass is 383 g/mol. The summed E-state index contributed by atoms with van der Waals surface area (Å²) < 4.78 is 3.42. The van der Waals surface area contributed by atoms with Crippen molar-refractivity contribution in [1.82, 2.24) is 9.78 Å². The van der Waals surface area contributed by atoms with Crippen molar-refractivity contribution in [3.05, 3.63) is 51.2 Å². The topological polar surface area (TPSA) is 46.9 Å². The Morgan fingerprint density at radius 3 is 2.89 bits per heavy atom. The minimum absolute atomic E-state index is 0.192. The third kappa shape index (κ3) is 4.04. The summed E-state index contributed by atoms with van der Waals surface area (Å²) in [7, 11) is 1.83. The van der Waals surface area contributed by atoms with E-state index in [0.29, 0.717) is 0 Å². The number of halogens is 2. The highest BCUT2D eigenvalue weighted by atomic mass is 79.9. The zero-order valence-electron chi connectivity index (χ0n) is 10.1. The number of hydrogen-bond acceptors (Lipinski definition) is 2. The molecule has 4 nitrogen and oxygen atoms in total. The summed E-state index contributed by atoms with van der Waals surface area (Å²) in [5.74, 6) is -0.192. The number of hydrogen-bond donors (Lipinski definition) is 1. The first-order valence-corrected chi connectivity index (χ1v) is 7.06. The fourth-order valence-electron chi connectivity index (χ4n) is 1.47. The molecule has 2 aromatic rings. The highest BCUT2D eigenvalue weighted by Gasteiger charge is 2.03. The molecule has 1 amide bonds. The number of nitrogens with one attached hydrogen (secondary N) is 1. The number of aryl methyl sites for hydroxylation is 1. The second-order valence-corrected chi connectivity index (χ2v) is 5.66. The molecule has 0 unspecified atom stereocenters. The highest BCUT2D eigenvalue weighted by Crippen LogP contribution is 2.26. The molecule has 0 saturated carbocycles. The van der Waals surface area contributed by atoms with Crippen LogP contribution in [0.4, 0.5) is 5.69 Å². The van der Waals surface area contributed by atoms with Crippen molar-refractivity contribution in [2.45, 2.75) is 0 Å². The Morgan fingerprint density at radius 1 is 1.42 bits per heavy atom. The molecular formula is C13H11Br2N3O. The van der Waals surface area contributed by atoms with E-state index >= 15 is 0 Å². The molecule has 0 aliphatic heterocycles. The van der Waals surface area contributed by atoms with Gasteiger partial charge in [-0.05, 0) is 40.2 Å². The van der Waals surface area contributed by atoms with Crippen LogP contribution >= 0.6 is 31.9 Å². The van der Waals surface area contributed by atoms with Gasteiger partial charge in [0.05, 0.1) is 11.9 Å². The maximum absolute atomic E-state index is 11.8. The fourth-order valence-corrected chi connectivity index (χ4v) is 2.17. The van der Waals surface area contributed by atoms with Crippen LogP contribution in [0.25, 0.3) is 6.08 Å². The van der Waals surface area contributed by atoms with Gasteiger partial charge in [0, 0.05) is 33.8 Å².